The van der Waals surface area contributed by atoms with Gasteiger partial charge in [0, 0.05) is 13.1 Å². The highest BCUT2D eigenvalue weighted by Crippen LogP contribution is 2.33. The quantitative estimate of drug-likeness (QED) is 0.186. The molecule has 0 aliphatic carbocycles. The van der Waals surface area contributed by atoms with Gasteiger partial charge in [0.2, 0.25) is 0 Å². The summed E-state index contributed by atoms with van der Waals surface area (Å²) in [5.74, 6) is 0.516. The molecule has 3 N–H and O–H groups in total. The Morgan fingerprint density at radius 2 is 1.43 bits per heavy atom. The summed E-state index contributed by atoms with van der Waals surface area (Å²) in [4.78, 5) is 29.6. The van der Waals surface area contributed by atoms with Crippen LogP contribution >= 0.6 is 0 Å². The summed E-state index contributed by atoms with van der Waals surface area (Å²) in [6.45, 7) is 5.47. The summed E-state index contributed by atoms with van der Waals surface area (Å²) in [5.41, 5.74) is 9.52. The number of anilines is 1. The zero-order valence-electron chi connectivity index (χ0n) is 25.2. The summed E-state index contributed by atoms with van der Waals surface area (Å²) in [6, 6.07) is 28.7. The molecule has 0 spiro atoms. The third-order valence-electron chi connectivity index (χ3n) is 8.51. The fourth-order valence-electron chi connectivity index (χ4n) is 6.20. The number of rotatable bonds is 15. The fourth-order valence-corrected chi connectivity index (χ4v) is 6.20. The highest BCUT2D eigenvalue weighted by Gasteiger charge is 2.27. The molecule has 3 amide bonds. The van der Waals surface area contributed by atoms with E-state index in [9.17, 15) is 9.59 Å². The van der Waals surface area contributed by atoms with Crippen LogP contribution in [0.4, 0.5) is 10.5 Å². The van der Waals surface area contributed by atoms with Gasteiger partial charge in [0.25, 0.3) is 5.91 Å². The summed E-state index contributed by atoms with van der Waals surface area (Å²) in [7, 11) is 0. The third-order valence-corrected chi connectivity index (χ3v) is 8.51. The lowest BCUT2D eigenvalue weighted by molar-refractivity contribution is 0.0951. The molecule has 3 aromatic carbocycles. The summed E-state index contributed by atoms with van der Waals surface area (Å²) < 4.78 is 0. The Morgan fingerprint density at radius 3 is 2.05 bits per heavy atom. The predicted octanol–water partition coefficient (Wildman–Crippen LogP) is 7.55. The van der Waals surface area contributed by atoms with Gasteiger partial charge in [-0.2, -0.15) is 0 Å². The number of para-hydroxylation sites is 1. The number of nitrogens with one attached hydrogen (secondary N) is 1. The summed E-state index contributed by atoms with van der Waals surface area (Å²) >= 11 is 0. The maximum Gasteiger partial charge on any atom is 0.319 e. The predicted molar refractivity (Wildman–Crippen MR) is 173 cm³/mol. The Kier molecular flexibility index (Phi) is 12.5. The highest BCUT2D eigenvalue weighted by molar-refractivity contribution is 6.04. The number of amides is 3. The van der Waals surface area contributed by atoms with Crippen molar-refractivity contribution in [1.29, 1.82) is 0 Å². The van der Waals surface area contributed by atoms with Crippen molar-refractivity contribution in [1.82, 2.24) is 10.2 Å². The molecule has 224 valence electrons. The molecule has 1 saturated heterocycles. The second kappa shape index (κ2) is 16.7. The van der Waals surface area contributed by atoms with E-state index in [2.05, 4.69) is 77.8 Å². The highest BCUT2D eigenvalue weighted by atomic mass is 16.2. The molecular formula is C36H48N4O2. The van der Waals surface area contributed by atoms with Crippen molar-refractivity contribution in [2.45, 2.75) is 70.8 Å². The number of carbonyl (C=O) groups is 2. The smallest absolute Gasteiger partial charge is 0.319 e. The van der Waals surface area contributed by atoms with E-state index in [-0.39, 0.29) is 11.9 Å². The van der Waals surface area contributed by atoms with E-state index in [0.717, 1.165) is 45.2 Å². The van der Waals surface area contributed by atoms with Crippen LogP contribution in [0.25, 0.3) is 0 Å². The van der Waals surface area contributed by atoms with Gasteiger partial charge in [-0.3, -0.25) is 14.6 Å². The number of benzene rings is 3. The van der Waals surface area contributed by atoms with E-state index in [1.807, 2.05) is 18.2 Å². The van der Waals surface area contributed by atoms with Crippen LogP contribution in [0, 0.1) is 5.92 Å². The third kappa shape index (κ3) is 8.93. The van der Waals surface area contributed by atoms with Gasteiger partial charge in [0.15, 0.2) is 0 Å². The molecule has 0 aromatic heterocycles. The second-order valence-electron chi connectivity index (χ2n) is 11.5. The maximum absolute atomic E-state index is 13.1. The first-order valence-electron chi connectivity index (χ1n) is 15.9. The van der Waals surface area contributed by atoms with Crippen molar-refractivity contribution in [3.05, 3.63) is 102 Å². The normalized spacial score (nSPS) is 14.1. The number of unbranched alkanes of at least 4 members (excludes halogenated alkanes) is 4. The van der Waals surface area contributed by atoms with Gasteiger partial charge >= 0.3 is 6.03 Å². The van der Waals surface area contributed by atoms with Gasteiger partial charge in [-0.05, 0) is 74.4 Å². The summed E-state index contributed by atoms with van der Waals surface area (Å²) in [6.07, 6.45) is 9.79. The second-order valence-corrected chi connectivity index (χ2v) is 11.5. The van der Waals surface area contributed by atoms with Crippen LogP contribution in [0.2, 0.25) is 0 Å². The van der Waals surface area contributed by atoms with Crippen LogP contribution in [0.15, 0.2) is 84.9 Å². The van der Waals surface area contributed by atoms with E-state index in [0.29, 0.717) is 30.3 Å². The van der Waals surface area contributed by atoms with E-state index in [1.165, 1.54) is 36.8 Å². The molecule has 0 unspecified atom stereocenters. The van der Waals surface area contributed by atoms with Gasteiger partial charge in [0.1, 0.15) is 0 Å². The Balaban J connectivity index is 1.25. The first-order valence-corrected chi connectivity index (χ1v) is 15.9. The van der Waals surface area contributed by atoms with E-state index in [4.69, 9.17) is 5.73 Å². The van der Waals surface area contributed by atoms with Gasteiger partial charge in [-0.25, -0.2) is 4.79 Å². The fraction of sp³-hybridized carbons (Fsp3) is 0.444. The molecular weight excluding hydrogens is 520 g/mol. The van der Waals surface area contributed by atoms with Gasteiger partial charge < -0.3 is 11.1 Å². The van der Waals surface area contributed by atoms with Gasteiger partial charge in [-0.15, -0.1) is 0 Å². The summed E-state index contributed by atoms with van der Waals surface area (Å²) in [5, 5.41) is 3.10. The number of nitrogens with zero attached hydrogens (tertiary/aromatic N) is 2. The Morgan fingerprint density at radius 1 is 0.833 bits per heavy atom. The number of likely N-dealkylation sites (tertiary alicyclic amines) is 1. The molecule has 1 aliphatic rings. The van der Waals surface area contributed by atoms with Crippen LogP contribution in [0.1, 0.15) is 92.2 Å². The number of hydrogen-bond donors (Lipinski definition) is 2. The van der Waals surface area contributed by atoms with Crippen molar-refractivity contribution in [3.8, 4) is 0 Å². The topological polar surface area (TPSA) is 78.7 Å². The number of urea groups is 1. The lowest BCUT2D eigenvalue weighted by Gasteiger charge is -2.38. The van der Waals surface area contributed by atoms with E-state index < -0.39 is 6.03 Å². The Hall–Kier alpha value is -3.64. The number of primary amides is 1. The lowest BCUT2D eigenvalue weighted by atomic mass is 9.89. The molecule has 0 atom stereocenters. The van der Waals surface area contributed by atoms with Crippen molar-refractivity contribution >= 4 is 17.6 Å². The molecule has 6 nitrogen and oxygen atoms in total. The van der Waals surface area contributed by atoms with Gasteiger partial charge in [-0.1, -0.05) is 105 Å². The maximum atomic E-state index is 13.1. The van der Waals surface area contributed by atoms with Crippen molar-refractivity contribution in [2.75, 3.05) is 31.1 Å². The van der Waals surface area contributed by atoms with Crippen molar-refractivity contribution < 1.29 is 9.59 Å². The standard InChI is InChI=1S/C36H48N4O2/c1-2-3-4-5-14-26-40(36(37)42)33-22-13-12-21-32(33)35(41)38-25-15-16-29-23-27-39(28-24-29)34(30-17-8-6-9-18-30)31-19-10-7-11-20-31/h6-13,17-22,29,34H,2-5,14-16,23-28H2,1H3,(H2,37,42)(H,38,41). The molecule has 0 saturated carbocycles. The van der Waals surface area contributed by atoms with Crippen molar-refractivity contribution in [3.63, 3.8) is 0 Å². The SMILES string of the molecule is CCCCCCCN(C(N)=O)c1ccccc1C(=O)NCCCC1CCN(C(c2ccccc2)c2ccccc2)CC1. The van der Waals surface area contributed by atoms with Crippen LogP contribution in [-0.4, -0.2) is 43.0 Å². The molecule has 1 aliphatic heterocycles. The first kappa shape index (κ1) is 31.3. The Bertz CT molecular complexity index is 1190. The molecule has 42 heavy (non-hydrogen) atoms. The number of carbonyl (C=O) groups excluding carboxylic acids is 2. The average Bonchev–Trinajstić information content (AvgIpc) is 3.03. The van der Waals surface area contributed by atoms with Crippen LogP contribution in [-0.2, 0) is 0 Å². The largest absolute Gasteiger partial charge is 0.352 e. The minimum atomic E-state index is -0.515. The Labute approximate surface area is 252 Å². The van der Waals surface area contributed by atoms with E-state index in [1.54, 1.807) is 11.0 Å². The molecule has 0 bridgehead atoms. The zero-order valence-corrected chi connectivity index (χ0v) is 25.2. The average molecular weight is 569 g/mol. The van der Waals surface area contributed by atoms with E-state index >= 15 is 0 Å². The van der Waals surface area contributed by atoms with Crippen LogP contribution in [0.5, 0.6) is 0 Å². The zero-order chi connectivity index (χ0) is 29.6. The molecule has 1 heterocycles. The molecule has 6 heteroatoms. The molecule has 1 fully saturated rings. The van der Waals surface area contributed by atoms with Crippen molar-refractivity contribution in [2.24, 2.45) is 11.7 Å². The lowest BCUT2D eigenvalue weighted by Crippen LogP contribution is -2.38. The monoisotopic (exact) mass is 568 g/mol. The van der Waals surface area contributed by atoms with Crippen LogP contribution in [0.3, 0.4) is 0 Å². The number of nitrogens with two attached hydrogens (primary N) is 1. The first-order chi connectivity index (χ1) is 20.6. The molecule has 0 radical (unpaired) electrons. The van der Waals surface area contributed by atoms with Crippen LogP contribution < -0.4 is 16.0 Å². The molecule has 4 rings (SSSR count). The minimum Gasteiger partial charge on any atom is -0.352 e. The number of hydrogen-bond acceptors (Lipinski definition) is 3. The minimum absolute atomic E-state index is 0.147. The van der Waals surface area contributed by atoms with Gasteiger partial charge in [0.05, 0.1) is 17.3 Å². The number of piperidine rings is 1. The molecule has 3 aromatic rings.